The summed E-state index contributed by atoms with van der Waals surface area (Å²) in [6, 6.07) is 23.0. The lowest BCUT2D eigenvalue weighted by atomic mass is 10.0. The number of aliphatic hydroxyl groups excluding tert-OH is 1. The third-order valence-electron chi connectivity index (χ3n) is 6.40. The minimum absolute atomic E-state index is 0.0469. The number of fused-ring (bicyclic) bond motifs is 1. The molecule has 6 nitrogen and oxygen atoms in total. The summed E-state index contributed by atoms with van der Waals surface area (Å²) in [5.41, 5.74) is 5.37. The molecule has 1 aromatic heterocycles. The molecule has 0 bridgehead atoms. The number of methoxy groups -OCH3 is 1. The molecule has 0 radical (unpaired) electrons. The number of aryl methyl sites for hydroxylation is 2. The first-order valence-electron chi connectivity index (χ1n) is 12.0. The van der Waals surface area contributed by atoms with Crippen molar-refractivity contribution >= 4 is 22.6 Å². The Balaban J connectivity index is 1.80. The number of amides is 1. The number of anilines is 1. The highest BCUT2D eigenvalue weighted by Gasteiger charge is 2.28. The second-order valence-corrected chi connectivity index (χ2v) is 8.86. The van der Waals surface area contributed by atoms with E-state index in [0.717, 1.165) is 39.8 Å². The maximum absolute atomic E-state index is 14.0. The smallest absolute Gasteiger partial charge is 0.247 e. The van der Waals surface area contributed by atoms with Crippen molar-refractivity contribution in [1.29, 1.82) is 0 Å². The minimum atomic E-state index is -0.953. The van der Waals surface area contributed by atoms with Crippen molar-refractivity contribution in [2.45, 2.75) is 45.9 Å². The number of ether oxygens (including phenoxy) is 1. The zero-order valence-corrected chi connectivity index (χ0v) is 20.8. The quantitative estimate of drug-likeness (QED) is 0.371. The monoisotopic (exact) mass is 471 g/mol. The molecule has 0 spiro atoms. The van der Waals surface area contributed by atoms with E-state index in [-0.39, 0.29) is 18.5 Å². The van der Waals surface area contributed by atoms with Gasteiger partial charge in [-0.15, -0.1) is 0 Å². The van der Waals surface area contributed by atoms with Gasteiger partial charge in [0.2, 0.25) is 5.91 Å². The maximum Gasteiger partial charge on any atom is 0.247 e. The lowest BCUT2D eigenvalue weighted by molar-refractivity contribution is -0.119. The fourth-order valence-corrected chi connectivity index (χ4v) is 4.72. The highest BCUT2D eigenvalue weighted by atomic mass is 16.5. The Morgan fingerprint density at radius 1 is 1.06 bits per heavy atom. The van der Waals surface area contributed by atoms with E-state index in [4.69, 9.17) is 9.72 Å². The molecule has 0 saturated carbocycles. The van der Waals surface area contributed by atoms with Gasteiger partial charge < -0.3 is 19.3 Å². The van der Waals surface area contributed by atoms with Crippen LogP contribution in [0.1, 0.15) is 42.5 Å². The molecule has 1 amide bonds. The van der Waals surface area contributed by atoms with Gasteiger partial charge in [0.15, 0.2) is 0 Å². The van der Waals surface area contributed by atoms with Crippen molar-refractivity contribution in [1.82, 2.24) is 9.55 Å². The number of aliphatic hydroxyl groups is 1. The van der Waals surface area contributed by atoms with E-state index in [2.05, 4.69) is 13.0 Å². The van der Waals surface area contributed by atoms with E-state index >= 15 is 0 Å². The molecular weight excluding hydrogens is 438 g/mol. The first-order valence-corrected chi connectivity index (χ1v) is 12.0. The molecule has 0 aliphatic heterocycles. The normalized spacial score (nSPS) is 13.1. The van der Waals surface area contributed by atoms with Crippen LogP contribution >= 0.6 is 0 Å². The van der Waals surface area contributed by atoms with Crippen molar-refractivity contribution in [3.05, 3.63) is 95.3 Å². The number of para-hydroxylation sites is 3. The topological polar surface area (TPSA) is 67.6 Å². The Morgan fingerprint density at radius 3 is 2.49 bits per heavy atom. The fourth-order valence-electron chi connectivity index (χ4n) is 4.72. The van der Waals surface area contributed by atoms with Gasteiger partial charge in [-0.3, -0.25) is 4.79 Å². The average molecular weight is 472 g/mol. The van der Waals surface area contributed by atoms with Gasteiger partial charge in [-0.1, -0.05) is 67.6 Å². The Kier molecular flexibility index (Phi) is 7.63. The summed E-state index contributed by atoms with van der Waals surface area (Å²) >= 11 is 0. The van der Waals surface area contributed by atoms with Gasteiger partial charge >= 0.3 is 0 Å². The van der Waals surface area contributed by atoms with Crippen LogP contribution in [0.5, 0.6) is 0 Å². The summed E-state index contributed by atoms with van der Waals surface area (Å²) in [5.74, 6) is 0.369. The van der Waals surface area contributed by atoms with E-state index in [9.17, 15) is 9.90 Å². The van der Waals surface area contributed by atoms with Crippen LogP contribution in [0.4, 0.5) is 5.69 Å². The van der Waals surface area contributed by atoms with Gasteiger partial charge in [0.1, 0.15) is 18.5 Å². The van der Waals surface area contributed by atoms with Crippen LogP contribution in [-0.2, 0) is 22.5 Å². The van der Waals surface area contributed by atoms with Gasteiger partial charge in [0, 0.05) is 7.11 Å². The number of imidazole rings is 1. The number of nitrogens with zero attached hydrogens (tertiary/aromatic N) is 3. The summed E-state index contributed by atoms with van der Waals surface area (Å²) in [4.78, 5) is 20.6. The predicted octanol–water partition coefficient (Wildman–Crippen LogP) is 5.06. The van der Waals surface area contributed by atoms with Crippen LogP contribution < -0.4 is 4.90 Å². The molecule has 0 aliphatic carbocycles. The molecule has 4 rings (SSSR count). The number of hydrogen-bond donors (Lipinski definition) is 1. The lowest BCUT2D eigenvalue weighted by Gasteiger charge is -2.32. The number of rotatable bonds is 9. The van der Waals surface area contributed by atoms with Crippen LogP contribution in [0, 0.1) is 6.92 Å². The van der Waals surface area contributed by atoms with Crippen LogP contribution in [0.3, 0.4) is 0 Å². The van der Waals surface area contributed by atoms with Gasteiger partial charge in [-0.05, 0) is 49.1 Å². The highest BCUT2D eigenvalue weighted by Crippen LogP contribution is 2.30. The van der Waals surface area contributed by atoms with E-state index in [0.29, 0.717) is 12.4 Å². The van der Waals surface area contributed by atoms with Crippen molar-refractivity contribution in [3.8, 4) is 0 Å². The third kappa shape index (κ3) is 4.99. The molecule has 1 heterocycles. The number of hydrogen-bond acceptors (Lipinski definition) is 4. The molecule has 35 heavy (non-hydrogen) atoms. The molecule has 4 aromatic rings. The van der Waals surface area contributed by atoms with Crippen molar-refractivity contribution in [2.24, 2.45) is 0 Å². The third-order valence-corrected chi connectivity index (χ3v) is 6.40. The van der Waals surface area contributed by atoms with E-state index in [1.807, 2.05) is 90.0 Å². The Morgan fingerprint density at radius 2 is 1.77 bits per heavy atom. The van der Waals surface area contributed by atoms with Crippen molar-refractivity contribution in [2.75, 3.05) is 18.6 Å². The Bertz CT molecular complexity index is 1300. The lowest BCUT2D eigenvalue weighted by Crippen LogP contribution is -2.44. The molecule has 0 fully saturated rings. The van der Waals surface area contributed by atoms with Gasteiger partial charge in [0.05, 0.1) is 29.4 Å². The number of benzene rings is 3. The molecule has 2 unspecified atom stereocenters. The average Bonchev–Trinajstić information content (AvgIpc) is 3.23. The summed E-state index contributed by atoms with van der Waals surface area (Å²) in [7, 11) is 1.65. The molecule has 3 aromatic carbocycles. The molecular formula is C29H33N3O3. The molecule has 1 N–H and O–H groups in total. The van der Waals surface area contributed by atoms with Gasteiger partial charge in [0.25, 0.3) is 0 Å². The second-order valence-electron chi connectivity index (χ2n) is 8.86. The summed E-state index contributed by atoms with van der Waals surface area (Å²) in [5, 5.41) is 11.2. The molecule has 0 saturated heterocycles. The summed E-state index contributed by atoms with van der Waals surface area (Å²) in [6.45, 7) is 6.59. The largest absolute Gasteiger partial charge is 0.383 e. The number of aromatic nitrogens is 2. The molecule has 6 heteroatoms. The predicted molar refractivity (Wildman–Crippen MR) is 140 cm³/mol. The van der Waals surface area contributed by atoms with E-state index in [1.54, 1.807) is 7.11 Å². The number of carbonyl (C=O) groups excluding carboxylic acids is 1. The van der Waals surface area contributed by atoms with E-state index in [1.165, 1.54) is 0 Å². The first kappa shape index (κ1) is 24.6. The SMILES string of the molecule is CCc1cccc(C)c1N(C(=O)Cn1c(C(O)c2ccccc2)nc2ccccc21)C(C)COC. The highest BCUT2D eigenvalue weighted by molar-refractivity contribution is 5.96. The Labute approximate surface area is 206 Å². The second kappa shape index (κ2) is 10.8. The minimum Gasteiger partial charge on any atom is -0.383 e. The van der Waals surface area contributed by atoms with Crippen LogP contribution in [-0.4, -0.2) is 40.3 Å². The van der Waals surface area contributed by atoms with Crippen molar-refractivity contribution in [3.63, 3.8) is 0 Å². The fraction of sp³-hybridized carbons (Fsp3) is 0.310. The maximum atomic E-state index is 14.0. The Hall–Kier alpha value is -3.48. The van der Waals surface area contributed by atoms with E-state index < -0.39 is 6.10 Å². The summed E-state index contributed by atoms with van der Waals surface area (Å²) < 4.78 is 7.28. The summed E-state index contributed by atoms with van der Waals surface area (Å²) in [6.07, 6.45) is -0.141. The standard InChI is InChI=1S/C29H33N3O3/c1-5-22-15-11-12-20(2)27(22)32(21(3)19-35-4)26(33)18-31-25-17-10-9-16-24(25)30-29(31)28(34)23-13-7-6-8-14-23/h6-17,21,28,34H,5,18-19H2,1-4H3. The number of carbonyl (C=O) groups is 1. The molecule has 182 valence electrons. The first-order chi connectivity index (χ1) is 17.0. The van der Waals surface area contributed by atoms with Gasteiger partial charge in [-0.25, -0.2) is 4.98 Å². The zero-order valence-electron chi connectivity index (χ0n) is 20.8. The zero-order chi connectivity index (χ0) is 24.9. The molecule has 0 aliphatic rings. The van der Waals surface area contributed by atoms with Crippen LogP contribution in [0.15, 0.2) is 72.8 Å². The molecule has 2 atom stereocenters. The van der Waals surface area contributed by atoms with Gasteiger partial charge in [-0.2, -0.15) is 0 Å². The van der Waals surface area contributed by atoms with Crippen molar-refractivity contribution < 1.29 is 14.6 Å². The van der Waals surface area contributed by atoms with Crippen LogP contribution in [0.25, 0.3) is 11.0 Å². The van der Waals surface area contributed by atoms with Crippen LogP contribution in [0.2, 0.25) is 0 Å².